The maximum absolute atomic E-state index is 11.9. The first-order valence-corrected chi connectivity index (χ1v) is 8.27. The van der Waals surface area contributed by atoms with Gasteiger partial charge in [-0.05, 0) is 25.3 Å². The summed E-state index contributed by atoms with van der Waals surface area (Å²) in [5.41, 5.74) is 0. The molecule has 8 heteroatoms. The van der Waals surface area contributed by atoms with Gasteiger partial charge in [-0.3, -0.25) is 0 Å². The summed E-state index contributed by atoms with van der Waals surface area (Å²) in [7, 11) is -3.50. The number of hydrogen-bond acceptors (Lipinski definition) is 5. The van der Waals surface area contributed by atoms with Crippen molar-refractivity contribution in [2.24, 2.45) is 0 Å². The van der Waals surface area contributed by atoms with Gasteiger partial charge in [0.25, 0.3) is 0 Å². The Bertz CT molecular complexity index is 539. The molecule has 0 radical (unpaired) electrons. The molecule has 0 aromatic carbocycles. The van der Waals surface area contributed by atoms with Gasteiger partial charge in [-0.15, -0.1) is 11.3 Å². The second kappa shape index (κ2) is 5.48. The zero-order chi connectivity index (χ0) is 14.0. The van der Waals surface area contributed by atoms with E-state index in [1.54, 1.807) is 16.3 Å². The van der Waals surface area contributed by atoms with Crippen LogP contribution in [0.5, 0.6) is 0 Å². The van der Waals surface area contributed by atoms with E-state index < -0.39 is 22.2 Å². The third-order valence-electron chi connectivity index (χ3n) is 2.79. The molecule has 1 atom stereocenters. The minimum absolute atomic E-state index is 0.0476. The van der Waals surface area contributed by atoms with Crippen molar-refractivity contribution in [3.05, 3.63) is 17.5 Å². The summed E-state index contributed by atoms with van der Waals surface area (Å²) in [5.74, 6) is 0. The molecule has 19 heavy (non-hydrogen) atoms. The van der Waals surface area contributed by atoms with Gasteiger partial charge in [0, 0.05) is 12.6 Å². The fourth-order valence-electron chi connectivity index (χ4n) is 1.76. The molecule has 1 unspecified atom stereocenters. The van der Waals surface area contributed by atoms with Crippen LogP contribution in [0.2, 0.25) is 0 Å². The average molecular weight is 304 g/mol. The van der Waals surface area contributed by atoms with Gasteiger partial charge in [0.15, 0.2) is 0 Å². The van der Waals surface area contributed by atoms with Gasteiger partial charge in [-0.2, -0.15) is 0 Å². The number of carbonyl (C=O) groups is 1. The van der Waals surface area contributed by atoms with Crippen LogP contribution in [0.15, 0.2) is 21.7 Å². The molecule has 1 N–H and O–H groups in total. The Balaban J connectivity index is 1.92. The van der Waals surface area contributed by atoms with Crippen LogP contribution in [-0.4, -0.2) is 44.6 Å². The van der Waals surface area contributed by atoms with E-state index in [1.807, 2.05) is 13.8 Å². The molecule has 6 nitrogen and oxygen atoms in total. The van der Waals surface area contributed by atoms with Crippen molar-refractivity contribution in [1.82, 2.24) is 9.62 Å². The Labute approximate surface area is 116 Å². The Morgan fingerprint density at radius 1 is 1.58 bits per heavy atom. The highest BCUT2D eigenvalue weighted by molar-refractivity contribution is 7.91. The maximum Gasteiger partial charge on any atom is 0.410 e. The van der Waals surface area contributed by atoms with Gasteiger partial charge < -0.3 is 9.64 Å². The summed E-state index contributed by atoms with van der Waals surface area (Å²) in [6.07, 6.45) is -0.833. The van der Waals surface area contributed by atoms with E-state index in [1.165, 1.54) is 6.07 Å². The van der Waals surface area contributed by atoms with Crippen molar-refractivity contribution < 1.29 is 17.9 Å². The molecule has 0 spiro atoms. The molecule has 1 aliphatic heterocycles. The Hall–Kier alpha value is -1.12. The number of carbonyl (C=O) groups excluding carboxylic acids is 1. The second-order valence-corrected chi connectivity index (χ2v) is 7.48. The number of thiophene rings is 1. The Morgan fingerprint density at radius 2 is 2.32 bits per heavy atom. The standard InChI is InChI=1S/C11H16N2O4S2/c1-8(2)13-7-9(17-11(13)14)6-12-19(15,16)10-4-3-5-18-10/h3-5,8-9,12H,6-7H2,1-2H3. The number of sulfonamides is 1. The lowest BCUT2D eigenvalue weighted by Crippen LogP contribution is -2.36. The first-order chi connectivity index (χ1) is 8.90. The maximum atomic E-state index is 11.9. The van der Waals surface area contributed by atoms with Crippen molar-refractivity contribution in [2.75, 3.05) is 13.1 Å². The highest BCUT2D eigenvalue weighted by atomic mass is 32.2. The molecule has 1 aromatic rings. The van der Waals surface area contributed by atoms with Crippen LogP contribution < -0.4 is 4.72 Å². The number of rotatable bonds is 5. The van der Waals surface area contributed by atoms with Gasteiger partial charge in [0.1, 0.15) is 10.3 Å². The molecule has 0 aliphatic carbocycles. The second-order valence-electron chi connectivity index (χ2n) is 4.54. The number of amides is 1. The van der Waals surface area contributed by atoms with E-state index in [2.05, 4.69) is 4.72 Å². The lowest BCUT2D eigenvalue weighted by atomic mass is 10.3. The molecule has 1 aliphatic rings. The molecule has 2 heterocycles. The SMILES string of the molecule is CC(C)N1CC(CNS(=O)(=O)c2cccs2)OC1=O. The minimum Gasteiger partial charge on any atom is -0.443 e. The number of nitrogens with zero attached hydrogens (tertiary/aromatic N) is 1. The predicted molar refractivity (Wildman–Crippen MR) is 71.6 cm³/mol. The van der Waals surface area contributed by atoms with E-state index in [9.17, 15) is 13.2 Å². The highest BCUT2D eigenvalue weighted by Crippen LogP contribution is 2.17. The van der Waals surface area contributed by atoms with Crippen LogP contribution in [-0.2, 0) is 14.8 Å². The van der Waals surface area contributed by atoms with E-state index in [0.717, 1.165) is 11.3 Å². The van der Waals surface area contributed by atoms with Crippen LogP contribution >= 0.6 is 11.3 Å². The zero-order valence-corrected chi connectivity index (χ0v) is 12.3. The zero-order valence-electron chi connectivity index (χ0n) is 10.7. The normalized spacial score (nSPS) is 20.1. The first kappa shape index (κ1) is 14.3. The van der Waals surface area contributed by atoms with Crippen molar-refractivity contribution in [3.63, 3.8) is 0 Å². The van der Waals surface area contributed by atoms with Gasteiger partial charge in [0.2, 0.25) is 10.0 Å². The Morgan fingerprint density at radius 3 is 2.84 bits per heavy atom. The van der Waals surface area contributed by atoms with Crippen LogP contribution in [0.25, 0.3) is 0 Å². The number of hydrogen-bond donors (Lipinski definition) is 1. The number of ether oxygens (including phenoxy) is 1. The molecule has 0 bridgehead atoms. The van der Waals surface area contributed by atoms with E-state index in [4.69, 9.17) is 4.74 Å². The smallest absolute Gasteiger partial charge is 0.410 e. The first-order valence-electron chi connectivity index (χ1n) is 5.90. The monoisotopic (exact) mass is 304 g/mol. The van der Waals surface area contributed by atoms with Gasteiger partial charge in [0.05, 0.1) is 6.54 Å². The lowest BCUT2D eigenvalue weighted by molar-refractivity contribution is 0.130. The van der Waals surface area contributed by atoms with Crippen LogP contribution in [0, 0.1) is 0 Å². The van der Waals surface area contributed by atoms with Gasteiger partial charge >= 0.3 is 6.09 Å². The van der Waals surface area contributed by atoms with Crippen LogP contribution in [0.1, 0.15) is 13.8 Å². The fourth-order valence-corrected chi connectivity index (χ4v) is 3.86. The molecule has 1 amide bonds. The number of cyclic esters (lactones) is 1. The Kier molecular flexibility index (Phi) is 4.12. The molecular weight excluding hydrogens is 288 g/mol. The summed E-state index contributed by atoms with van der Waals surface area (Å²) in [6, 6.07) is 3.26. The molecule has 0 saturated carbocycles. The van der Waals surface area contributed by atoms with Gasteiger partial charge in [-0.25, -0.2) is 17.9 Å². The third kappa shape index (κ3) is 3.26. The minimum atomic E-state index is -3.50. The van der Waals surface area contributed by atoms with Crippen LogP contribution in [0.3, 0.4) is 0 Å². The summed E-state index contributed by atoms with van der Waals surface area (Å²) in [5, 5.41) is 1.70. The number of nitrogens with one attached hydrogen (secondary N) is 1. The van der Waals surface area contributed by atoms with E-state index in [-0.39, 0.29) is 16.8 Å². The van der Waals surface area contributed by atoms with Crippen molar-refractivity contribution in [1.29, 1.82) is 0 Å². The molecule has 1 aromatic heterocycles. The lowest BCUT2D eigenvalue weighted by Gasteiger charge is -2.16. The molecule has 1 fully saturated rings. The average Bonchev–Trinajstić information content (AvgIpc) is 2.95. The fraction of sp³-hybridized carbons (Fsp3) is 0.545. The summed E-state index contributed by atoms with van der Waals surface area (Å²) in [6.45, 7) is 4.28. The van der Waals surface area contributed by atoms with Gasteiger partial charge in [-0.1, -0.05) is 6.07 Å². The van der Waals surface area contributed by atoms with Crippen molar-refractivity contribution in [2.45, 2.75) is 30.2 Å². The van der Waals surface area contributed by atoms with Crippen molar-refractivity contribution in [3.8, 4) is 0 Å². The van der Waals surface area contributed by atoms with E-state index in [0.29, 0.717) is 6.54 Å². The van der Waals surface area contributed by atoms with Crippen molar-refractivity contribution >= 4 is 27.5 Å². The summed E-state index contributed by atoms with van der Waals surface area (Å²) >= 11 is 1.15. The third-order valence-corrected chi connectivity index (χ3v) is 5.61. The molecule has 106 valence electrons. The summed E-state index contributed by atoms with van der Waals surface area (Å²) < 4.78 is 31.6. The molecule has 1 saturated heterocycles. The topological polar surface area (TPSA) is 75.7 Å². The van der Waals surface area contributed by atoms with Crippen LogP contribution in [0.4, 0.5) is 4.79 Å². The molecule has 2 rings (SSSR count). The highest BCUT2D eigenvalue weighted by Gasteiger charge is 2.33. The molecular formula is C11H16N2O4S2. The quantitative estimate of drug-likeness (QED) is 0.888. The summed E-state index contributed by atoms with van der Waals surface area (Å²) in [4.78, 5) is 13.1. The largest absolute Gasteiger partial charge is 0.443 e. The predicted octanol–water partition coefficient (Wildman–Crippen LogP) is 1.26. The van der Waals surface area contributed by atoms with E-state index >= 15 is 0 Å².